The van der Waals surface area contributed by atoms with E-state index in [-0.39, 0.29) is 50.8 Å². The van der Waals surface area contributed by atoms with Crippen molar-refractivity contribution in [3.63, 3.8) is 0 Å². The second-order valence-corrected chi connectivity index (χ2v) is 11.7. The second-order valence-electron chi connectivity index (χ2n) is 11.7. The van der Waals surface area contributed by atoms with Gasteiger partial charge in [0.15, 0.2) is 0 Å². The van der Waals surface area contributed by atoms with Crippen LogP contribution in [0, 0.1) is 5.92 Å². The first-order valence-corrected chi connectivity index (χ1v) is 15.2. The van der Waals surface area contributed by atoms with Gasteiger partial charge in [-0.3, -0.25) is 19.2 Å². The minimum atomic E-state index is -1.09. The summed E-state index contributed by atoms with van der Waals surface area (Å²) in [4.78, 5) is 75.1. The number of carbonyl (C=O) groups is 6. The molecule has 252 valence electrons. The number of anilines is 2. The van der Waals surface area contributed by atoms with Gasteiger partial charge in [-0.05, 0) is 95.5 Å². The summed E-state index contributed by atoms with van der Waals surface area (Å²) in [6, 6.07) is 12.3. The molecular weight excluding hydrogens is 610 g/mol. The molecule has 0 bridgehead atoms. The van der Waals surface area contributed by atoms with Crippen LogP contribution in [0.3, 0.4) is 0 Å². The van der Waals surface area contributed by atoms with Crippen molar-refractivity contribution in [2.24, 2.45) is 21.9 Å². The summed E-state index contributed by atoms with van der Waals surface area (Å²) in [5, 5.41) is 16.2. The molecule has 1 fully saturated rings. The molecule has 15 nitrogen and oxygen atoms in total. The zero-order chi connectivity index (χ0) is 34.6. The van der Waals surface area contributed by atoms with E-state index in [1.165, 1.54) is 0 Å². The molecule has 0 aromatic heterocycles. The first-order valence-electron chi connectivity index (χ1n) is 15.2. The summed E-state index contributed by atoms with van der Waals surface area (Å²) in [6.45, 7) is 6.32. The molecule has 47 heavy (non-hydrogen) atoms. The Morgan fingerprint density at radius 3 is 1.96 bits per heavy atom. The molecule has 1 heterocycles. The van der Waals surface area contributed by atoms with Crippen molar-refractivity contribution in [2.45, 2.75) is 65.0 Å². The molecule has 0 aliphatic carbocycles. The Morgan fingerprint density at radius 2 is 1.45 bits per heavy atom. The minimum absolute atomic E-state index is 0.0400. The zero-order valence-corrected chi connectivity index (χ0v) is 26.9. The van der Waals surface area contributed by atoms with Crippen molar-refractivity contribution in [1.29, 1.82) is 0 Å². The van der Waals surface area contributed by atoms with Crippen LogP contribution in [0.1, 0.15) is 53.4 Å². The number of nitrogens with one attached hydrogen (secondary N) is 3. The van der Waals surface area contributed by atoms with Crippen LogP contribution in [0.5, 0.6) is 0 Å². The van der Waals surface area contributed by atoms with Crippen LogP contribution in [0.2, 0.25) is 0 Å². The molecule has 0 radical (unpaired) electrons. The number of esters is 1. The van der Waals surface area contributed by atoms with Crippen molar-refractivity contribution in [3.05, 3.63) is 48.5 Å². The lowest BCUT2D eigenvalue weighted by atomic mass is 9.98. The maximum absolute atomic E-state index is 13.0. The third-order valence-electron chi connectivity index (χ3n) is 6.73. The number of rotatable bonds is 13. The number of azo groups is 1. The molecule has 1 aliphatic heterocycles. The maximum Gasteiger partial charge on any atom is 0.417 e. The van der Waals surface area contributed by atoms with Gasteiger partial charge in [-0.1, -0.05) is 0 Å². The van der Waals surface area contributed by atoms with E-state index in [9.17, 15) is 28.8 Å². The number of nitrogens with zero attached hydrogens (tertiary/aromatic N) is 3. The number of carbonyl (C=O) groups excluding carboxylic acids is 6. The molecule has 1 aliphatic rings. The molecule has 2 atom stereocenters. The van der Waals surface area contributed by atoms with Crippen LogP contribution in [-0.4, -0.2) is 71.9 Å². The van der Waals surface area contributed by atoms with Crippen LogP contribution in [0.15, 0.2) is 58.8 Å². The Hall–Kier alpha value is -5.18. The van der Waals surface area contributed by atoms with Crippen molar-refractivity contribution in [3.8, 4) is 0 Å². The summed E-state index contributed by atoms with van der Waals surface area (Å²) in [6.07, 6.45) is -0.241. The number of likely N-dealkylation sites (tertiary alicyclic amines) is 1. The lowest BCUT2D eigenvalue weighted by Gasteiger charge is -2.26. The number of nitrogens with two attached hydrogens (primary N) is 1. The topological polar surface area (TPSA) is 211 Å². The van der Waals surface area contributed by atoms with Crippen LogP contribution in [0.4, 0.5) is 27.5 Å². The summed E-state index contributed by atoms with van der Waals surface area (Å²) >= 11 is 0. The van der Waals surface area contributed by atoms with Gasteiger partial charge in [0.05, 0.1) is 31.1 Å². The van der Waals surface area contributed by atoms with Crippen LogP contribution in [-0.2, 0) is 33.4 Å². The second kappa shape index (κ2) is 16.9. The van der Waals surface area contributed by atoms with Gasteiger partial charge in [-0.2, -0.15) is 10.2 Å². The van der Waals surface area contributed by atoms with Gasteiger partial charge in [-0.25, -0.2) is 14.5 Å². The van der Waals surface area contributed by atoms with E-state index < -0.39 is 41.4 Å². The Morgan fingerprint density at radius 1 is 0.894 bits per heavy atom. The van der Waals surface area contributed by atoms with Crippen molar-refractivity contribution in [1.82, 2.24) is 10.2 Å². The number of amides is 5. The molecule has 1 unspecified atom stereocenters. The highest BCUT2D eigenvalue weighted by atomic mass is 16.6. The number of ether oxygens (including phenoxy) is 2. The van der Waals surface area contributed by atoms with Crippen LogP contribution < -0.4 is 21.7 Å². The van der Waals surface area contributed by atoms with Gasteiger partial charge in [0.2, 0.25) is 23.6 Å². The van der Waals surface area contributed by atoms with Gasteiger partial charge in [0.1, 0.15) is 11.6 Å². The lowest BCUT2D eigenvalue weighted by molar-refractivity contribution is -0.151. The molecule has 1 saturated heterocycles. The first-order chi connectivity index (χ1) is 22.3. The Kier molecular flexibility index (Phi) is 13.1. The fourth-order valence-electron chi connectivity index (χ4n) is 4.57. The third-order valence-corrected chi connectivity index (χ3v) is 6.73. The van der Waals surface area contributed by atoms with E-state index >= 15 is 0 Å². The van der Waals surface area contributed by atoms with Gasteiger partial charge in [-0.15, -0.1) is 0 Å². The highest BCUT2D eigenvalue weighted by Gasteiger charge is 2.48. The van der Waals surface area contributed by atoms with E-state index in [0.29, 0.717) is 29.2 Å². The fraction of sp³-hybridized carbons (Fsp3) is 0.438. The predicted molar refractivity (Wildman–Crippen MR) is 172 cm³/mol. The first kappa shape index (κ1) is 36.3. The number of hydrogen-bond acceptors (Lipinski definition) is 11. The molecule has 0 spiro atoms. The van der Waals surface area contributed by atoms with E-state index in [4.69, 9.17) is 15.2 Å². The summed E-state index contributed by atoms with van der Waals surface area (Å²) in [7, 11) is 0. The number of hydrogen-bond donors (Lipinski definition) is 4. The molecule has 0 saturated carbocycles. The number of imide groups is 1. The third kappa shape index (κ3) is 11.6. The van der Waals surface area contributed by atoms with Crippen LogP contribution >= 0.6 is 0 Å². The Balaban J connectivity index is 1.42. The molecule has 5 amide bonds. The molecule has 3 rings (SSSR count). The normalized spacial score (nSPS) is 16.1. The van der Waals surface area contributed by atoms with Gasteiger partial charge < -0.3 is 31.2 Å². The summed E-state index contributed by atoms with van der Waals surface area (Å²) < 4.78 is 10.4. The molecule has 2 aromatic carbocycles. The predicted octanol–water partition coefficient (Wildman–Crippen LogP) is 3.94. The van der Waals surface area contributed by atoms with Gasteiger partial charge in [0, 0.05) is 23.7 Å². The van der Waals surface area contributed by atoms with Crippen molar-refractivity contribution >= 4 is 58.4 Å². The molecule has 5 N–H and O–H groups in total. The monoisotopic (exact) mass is 651 g/mol. The highest BCUT2D eigenvalue weighted by Crippen LogP contribution is 2.31. The Bertz CT molecular complexity index is 1470. The van der Waals surface area contributed by atoms with E-state index in [1.54, 1.807) is 76.2 Å². The standard InChI is InChI=1S/C32H41N7O8/c1-5-46-30(44)25-17-20(29(43)39(25)31(45)47-32(2,3)4)7-6-8-26(40)34-19-28(42)36-22-11-15-24(16-12-22)38-37-23-13-9-21(10-14-23)35-27(41)18-33/h9-16,20,25H,5-8,17-19,33H2,1-4H3,(H,34,40)(H,35,41)(H,36,42)/b38-37+/t20-,25?/m1/s1. The SMILES string of the molecule is CCOC(=O)C1C[C@@H](CCCC(=O)NCC(=O)Nc2ccc(/N=N/c3ccc(NC(=O)CN)cc3)cc2)C(=O)N1C(=O)OC(C)(C)C. The molecular formula is C32H41N7O8. The highest BCUT2D eigenvalue weighted by molar-refractivity contribution is 6.01. The average molecular weight is 652 g/mol. The van der Waals surface area contributed by atoms with E-state index in [0.717, 1.165) is 4.90 Å². The largest absolute Gasteiger partial charge is 0.464 e. The number of benzene rings is 2. The van der Waals surface area contributed by atoms with Crippen molar-refractivity contribution in [2.75, 3.05) is 30.3 Å². The maximum atomic E-state index is 13.0. The fourth-order valence-corrected chi connectivity index (χ4v) is 4.57. The van der Waals surface area contributed by atoms with Crippen molar-refractivity contribution < 1.29 is 38.2 Å². The molecule has 2 aromatic rings. The van der Waals surface area contributed by atoms with Gasteiger partial charge in [0.25, 0.3) is 0 Å². The quantitative estimate of drug-likeness (QED) is 0.182. The summed E-state index contributed by atoms with van der Waals surface area (Å²) in [5.41, 5.74) is 6.62. The molecule has 15 heteroatoms. The lowest BCUT2D eigenvalue weighted by Crippen LogP contribution is -2.46. The summed E-state index contributed by atoms with van der Waals surface area (Å²) in [5.74, 6) is -3.02. The van der Waals surface area contributed by atoms with Crippen LogP contribution in [0.25, 0.3) is 0 Å². The van der Waals surface area contributed by atoms with E-state index in [2.05, 4.69) is 26.2 Å². The van der Waals surface area contributed by atoms with Gasteiger partial charge >= 0.3 is 12.1 Å². The Labute approximate surface area is 272 Å². The van der Waals surface area contributed by atoms with E-state index in [1.807, 2.05) is 0 Å². The zero-order valence-electron chi connectivity index (χ0n) is 26.9. The average Bonchev–Trinajstić information content (AvgIpc) is 3.35. The minimum Gasteiger partial charge on any atom is -0.464 e. The smallest absolute Gasteiger partial charge is 0.417 e.